The number of carbonyl (C=O) groups excluding carboxylic acids is 1. The molecule has 0 saturated heterocycles. The van der Waals surface area contributed by atoms with Crippen LogP contribution in [0.4, 0.5) is 11.4 Å². The van der Waals surface area contributed by atoms with Crippen molar-refractivity contribution in [3.63, 3.8) is 0 Å². The lowest BCUT2D eigenvalue weighted by Gasteiger charge is -2.20. The second-order valence-corrected chi connectivity index (χ2v) is 5.63. The first-order valence-corrected chi connectivity index (χ1v) is 7.32. The third-order valence-corrected chi connectivity index (χ3v) is 3.80. The van der Waals surface area contributed by atoms with Crippen LogP contribution >= 0.6 is 0 Å². The summed E-state index contributed by atoms with van der Waals surface area (Å²) in [6.45, 7) is 2.07. The van der Waals surface area contributed by atoms with Crippen molar-refractivity contribution >= 4 is 17.3 Å². The summed E-state index contributed by atoms with van der Waals surface area (Å²) in [5.41, 5.74) is 1.59. The normalized spacial score (nSPS) is 18.1. The highest BCUT2D eigenvalue weighted by molar-refractivity contribution is 5.95. The van der Waals surface area contributed by atoms with Gasteiger partial charge in [-0.1, -0.05) is 0 Å². The molecule has 2 aromatic rings. The number of hydrogen-bond donors (Lipinski definition) is 2. The number of aromatic nitrogens is 4. The summed E-state index contributed by atoms with van der Waals surface area (Å²) in [5, 5.41) is 18.1. The molecule has 2 heterocycles. The molecule has 1 aliphatic carbocycles. The lowest BCUT2D eigenvalue weighted by molar-refractivity contribution is -0.118. The molecule has 0 radical (unpaired) electrons. The second-order valence-electron chi connectivity index (χ2n) is 5.63. The Labute approximate surface area is 126 Å². The van der Waals surface area contributed by atoms with Crippen molar-refractivity contribution in [2.75, 3.05) is 17.2 Å². The van der Waals surface area contributed by atoms with Crippen LogP contribution in [0.1, 0.15) is 37.7 Å². The molecule has 1 amide bonds. The third kappa shape index (κ3) is 2.36. The van der Waals surface area contributed by atoms with E-state index in [-0.39, 0.29) is 18.6 Å². The van der Waals surface area contributed by atoms with E-state index in [2.05, 4.69) is 26.2 Å². The number of rotatable bonds is 4. The maximum Gasteiger partial charge on any atom is 0.262 e. The van der Waals surface area contributed by atoms with Crippen molar-refractivity contribution in [2.45, 2.75) is 31.8 Å². The number of nitrogens with zero attached hydrogens (tertiary/aromatic N) is 4. The molecule has 0 spiro atoms. The molecule has 0 bridgehead atoms. The molecule has 1 unspecified atom stereocenters. The number of carbonyl (C=O) groups is 1. The number of benzene rings is 1. The molecule has 1 saturated carbocycles. The van der Waals surface area contributed by atoms with Crippen LogP contribution < -0.4 is 15.4 Å². The average molecular weight is 300 g/mol. The monoisotopic (exact) mass is 300 g/mol. The Morgan fingerprint density at radius 1 is 1.45 bits per heavy atom. The Kier molecular flexibility index (Phi) is 2.95. The highest BCUT2D eigenvalue weighted by Gasteiger charge is 2.29. The Hall–Kier alpha value is -2.64. The maximum absolute atomic E-state index is 11.3. The van der Waals surface area contributed by atoms with E-state index in [1.807, 2.05) is 29.8 Å². The number of anilines is 2. The molecule has 1 aliphatic heterocycles. The van der Waals surface area contributed by atoms with Crippen molar-refractivity contribution in [2.24, 2.45) is 0 Å². The number of hydrogen-bond acceptors (Lipinski definition) is 6. The third-order valence-electron chi connectivity index (χ3n) is 3.80. The van der Waals surface area contributed by atoms with E-state index in [4.69, 9.17) is 4.74 Å². The fraction of sp³-hybridized carbons (Fsp3) is 0.429. The van der Waals surface area contributed by atoms with Crippen LogP contribution in [0.25, 0.3) is 0 Å². The van der Waals surface area contributed by atoms with E-state index in [0.717, 1.165) is 24.4 Å². The second kappa shape index (κ2) is 4.97. The van der Waals surface area contributed by atoms with Crippen molar-refractivity contribution < 1.29 is 9.53 Å². The SMILES string of the molecule is CC(Nc1ccc2c(c1)OCC(=O)N2)c1nnnn1C1CC1. The van der Waals surface area contributed by atoms with Crippen molar-refractivity contribution in [3.8, 4) is 5.75 Å². The van der Waals surface area contributed by atoms with E-state index >= 15 is 0 Å². The molecule has 1 fully saturated rings. The van der Waals surface area contributed by atoms with E-state index in [9.17, 15) is 4.79 Å². The lowest BCUT2D eigenvalue weighted by Crippen LogP contribution is -2.25. The topological polar surface area (TPSA) is 94.0 Å². The summed E-state index contributed by atoms with van der Waals surface area (Å²) in [7, 11) is 0. The summed E-state index contributed by atoms with van der Waals surface area (Å²) < 4.78 is 7.32. The van der Waals surface area contributed by atoms with Gasteiger partial charge in [0.05, 0.1) is 17.8 Å². The zero-order chi connectivity index (χ0) is 15.1. The van der Waals surface area contributed by atoms with Crippen LogP contribution in [0, 0.1) is 0 Å². The zero-order valence-electron chi connectivity index (χ0n) is 12.1. The van der Waals surface area contributed by atoms with Crippen LogP contribution in [-0.2, 0) is 4.79 Å². The Balaban J connectivity index is 1.53. The molecule has 8 nitrogen and oxygen atoms in total. The van der Waals surface area contributed by atoms with Crippen LogP contribution in [0.3, 0.4) is 0 Å². The molecular formula is C14H16N6O2. The van der Waals surface area contributed by atoms with E-state index in [1.165, 1.54) is 0 Å². The summed E-state index contributed by atoms with van der Waals surface area (Å²) in [6.07, 6.45) is 2.27. The van der Waals surface area contributed by atoms with Gasteiger partial charge in [0.2, 0.25) is 0 Å². The van der Waals surface area contributed by atoms with Gasteiger partial charge in [-0.15, -0.1) is 5.10 Å². The highest BCUT2D eigenvalue weighted by Crippen LogP contribution is 2.36. The first-order valence-electron chi connectivity index (χ1n) is 7.32. The molecule has 4 rings (SSSR count). The molecule has 1 aromatic carbocycles. The van der Waals surface area contributed by atoms with E-state index < -0.39 is 0 Å². The fourth-order valence-corrected chi connectivity index (χ4v) is 2.54. The molecule has 1 atom stereocenters. The van der Waals surface area contributed by atoms with Gasteiger partial charge < -0.3 is 15.4 Å². The van der Waals surface area contributed by atoms with Crippen molar-refractivity contribution in [3.05, 3.63) is 24.0 Å². The highest BCUT2D eigenvalue weighted by atomic mass is 16.5. The van der Waals surface area contributed by atoms with Crippen molar-refractivity contribution in [1.29, 1.82) is 0 Å². The largest absolute Gasteiger partial charge is 0.482 e. The quantitative estimate of drug-likeness (QED) is 0.889. The maximum atomic E-state index is 11.3. The Morgan fingerprint density at radius 2 is 2.32 bits per heavy atom. The lowest BCUT2D eigenvalue weighted by atomic mass is 10.2. The zero-order valence-corrected chi connectivity index (χ0v) is 12.1. The summed E-state index contributed by atoms with van der Waals surface area (Å²) >= 11 is 0. The number of amides is 1. The molecule has 2 aliphatic rings. The first-order chi connectivity index (χ1) is 10.7. The fourth-order valence-electron chi connectivity index (χ4n) is 2.54. The van der Waals surface area contributed by atoms with Gasteiger partial charge in [0.25, 0.3) is 5.91 Å². The van der Waals surface area contributed by atoms with Gasteiger partial charge in [-0.25, -0.2) is 4.68 Å². The molecule has 8 heteroatoms. The molecule has 22 heavy (non-hydrogen) atoms. The summed E-state index contributed by atoms with van der Waals surface area (Å²) in [6, 6.07) is 6.01. The van der Waals surface area contributed by atoms with Gasteiger partial charge in [0, 0.05) is 11.8 Å². The molecule has 2 N–H and O–H groups in total. The van der Waals surface area contributed by atoms with E-state index in [1.54, 1.807) is 0 Å². The molecular weight excluding hydrogens is 284 g/mol. The average Bonchev–Trinajstić information content (AvgIpc) is 3.24. The molecule has 114 valence electrons. The van der Waals surface area contributed by atoms with Gasteiger partial charge in [-0.05, 0) is 42.3 Å². The Morgan fingerprint density at radius 3 is 3.14 bits per heavy atom. The summed E-state index contributed by atoms with van der Waals surface area (Å²) in [5.74, 6) is 1.36. The standard InChI is InChI=1S/C14H16N6O2/c1-8(14-17-18-19-20(14)10-3-4-10)15-9-2-5-11-12(6-9)22-7-13(21)16-11/h2,5-6,8,10,15H,3-4,7H2,1H3,(H,16,21). The van der Waals surface area contributed by atoms with Crippen molar-refractivity contribution in [1.82, 2.24) is 20.2 Å². The van der Waals surface area contributed by atoms with E-state index in [0.29, 0.717) is 17.5 Å². The number of nitrogens with one attached hydrogen (secondary N) is 2. The minimum absolute atomic E-state index is 0.0215. The first kappa shape index (κ1) is 13.1. The number of fused-ring (bicyclic) bond motifs is 1. The van der Waals surface area contributed by atoms with Gasteiger partial charge in [0.1, 0.15) is 5.75 Å². The predicted octanol–water partition coefficient (Wildman–Crippen LogP) is 1.51. The number of ether oxygens (including phenoxy) is 1. The Bertz CT molecular complexity index is 724. The van der Waals surface area contributed by atoms with Gasteiger partial charge in [0.15, 0.2) is 12.4 Å². The van der Waals surface area contributed by atoms with Crippen LogP contribution in [0.5, 0.6) is 5.75 Å². The van der Waals surface area contributed by atoms with Gasteiger partial charge >= 0.3 is 0 Å². The minimum atomic E-state index is -0.134. The van der Waals surface area contributed by atoms with Gasteiger partial charge in [-0.2, -0.15) is 0 Å². The number of tetrazole rings is 1. The van der Waals surface area contributed by atoms with Gasteiger partial charge in [-0.3, -0.25) is 4.79 Å². The van der Waals surface area contributed by atoms with Crippen LogP contribution in [-0.4, -0.2) is 32.7 Å². The van der Waals surface area contributed by atoms with Crippen LogP contribution in [0.15, 0.2) is 18.2 Å². The smallest absolute Gasteiger partial charge is 0.262 e. The van der Waals surface area contributed by atoms with Crippen LogP contribution in [0.2, 0.25) is 0 Å². The predicted molar refractivity (Wildman–Crippen MR) is 78.7 cm³/mol. The molecule has 1 aromatic heterocycles. The minimum Gasteiger partial charge on any atom is -0.482 e. The summed E-state index contributed by atoms with van der Waals surface area (Å²) in [4.78, 5) is 11.3.